The highest BCUT2D eigenvalue weighted by molar-refractivity contribution is 7.89. The van der Waals surface area contributed by atoms with Gasteiger partial charge in [0.25, 0.3) is 0 Å². The highest BCUT2D eigenvalue weighted by Gasteiger charge is 2.35. The van der Waals surface area contributed by atoms with Crippen LogP contribution in [-0.4, -0.2) is 26.5 Å². The Bertz CT molecular complexity index is 592. The fraction of sp³-hybridized carbons (Fsp3) is 0.538. The first kappa shape index (κ1) is 17.3. The Kier molecular flexibility index (Phi) is 5.45. The van der Waals surface area contributed by atoms with Crippen molar-refractivity contribution in [2.24, 2.45) is 0 Å². The maximum Gasteiger partial charge on any atom is 0.240 e. The van der Waals surface area contributed by atoms with Crippen LogP contribution in [0.1, 0.15) is 25.7 Å². The van der Waals surface area contributed by atoms with E-state index in [9.17, 15) is 8.42 Å². The highest BCUT2D eigenvalue weighted by Crippen LogP contribution is 2.28. The van der Waals surface area contributed by atoms with Gasteiger partial charge in [-0.15, -0.1) is 12.4 Å². The molecule has 118 valence electrons. The molecule has 2 heterocycles. The molecular formula is C13H17Cl3N2O2S. The Balaban J connectivity index is 0.00000161. The van der Waals surface area contributed by atoms with Gasteiger partial charge >= 0.3 is 0 Å². The third-order valence-electron chi connectivity index (χ3n) is 3.94. The van der Waals surface area contributed by atoms with Crippen LogP contribution < -0.4 is 10.0 Å². The molecule has 0 radical (unpaired) electrons. The van der Waals surface area contributed by atoms with E-state index in [-0.39, 0.29) is 23.3 Å². The molecule has 21 heavy (non-hydrogen) atoms. The molecule has 2 N–H and O–H groups in total. The average Bonchev–Trinajstić information content (AvgIpc) is 2.67. The van der Waals surface area contributed by atoms with Crippen LogP contribution in [0.15, 0.2) is 23.1 Å². The van der Waals surface area contributed by atoms with Gasteiger partial charge in [-0.1, -0.05) is 23.2 Å². The number of hydrogen-bond acceptors (Lipinski definition) is 3. The largest absolute Gasteiger partial charge is 0.311 e. The molecule has 0 aromatic heterocycles. The summed E-state index contributed by atoms with van der Waals surface area (Å²) in [4.78, 5) is 0.126. The molecule has 0 spiro atoms. The van der Waals surface area contributed by atoms with E-state index in [1.54, 1.807) is 0 Å². The maximum atomic E-state index is 12.4. The molecule has 8 heteroatoms. The second kappa shape index (κ2) is 6.60. The molecule has 2 unspecified atom stereocenters. The number of fused-ring (bicyclic) bond motifs is 2. The molecule has 2 bridgehead atoms. The van der Waals surface area contributed by atoms with Crippen LogP contribution in [0, 0.1) is 0 Å². The van der Waals surface area contributed by atoms with Crippen LogP contribution in [-0.2, 0) is 10.0 Å². The molecule has 2 aliphatic heterocycles. The first-order chi connectivity index (χ1) is 9.42. The lowest BCUT2D eigenvalue weighted by atomic mass is 10.0. The molecule has 0 saturated carbocycles. The molecule has 0 aliphatic carbocycles. The van der Waals surface area contributed by atoms with E-state index in [0.717, 1.165) is 25.7 Å². The summed E-state index contributed by atoms with van der Waals surface area (Å²) in [5.41, 5.74) is 0. The Labute approximate surface area is 141 Å². The van der Waals surface area contributed by atoms with Crippen molar-refractivity contribution in [3.8, 4) is 0 Å². The Morgan fingerprint density at radius 1 is 1.05 bits per heavy atom. The number of piperidine rings is 1. The summed E-state index contributed by atoms with van der Waals surface area (Å²) in [5.74, 6) is 0. The summed E-state index contributed by atoms with van der Waals surface area (Å²) < 4.78 is 27.6. The second-order valence-electron chi connectivity index (χ2n) is 5.53. The van der Waals surface area contributed by atoms with Gasteiger partial charge in [0.2, 0.25) is 10.0 Å². The van der Waals surface area contributed by atoms with Gasteiger partial charge in [-0.2, -0.15) is 0 Å². The molecule has 1 aromatic carbocycles. The smallest absolute Gasteiger partial charge is 0.240 e. The molecule has 4 nitrogen and oxygen atoms in total. The summed E-state index contributed by atoms with van der Waals surface area (Å²) >= 11 is 11.7. The zero-order chi connectivity index (χ0) is 14.3. The Morgan fingerprint density at radius 2 is 1.57 bits per heavy atom. The van der Waals surface area contributed by atoms with Crippen LogP contribution in [0.5, 0.6) is 0 Å². The Hall–Kier alpha value is -0.0400. The van der Waals surface area contributed by atoms with Gasteiger partial charge in [0.15, 0.2) is 0 Å². The first-order valence-corrected chi connectivity index (χ1v) is 8.91. The number of halogens is 3. The van der Waals surface area contributed by atoms with E-state index in [2.05, 4.69) is 10.0 Å². The Morgan fingerprint density at radius 3 is 2.10 bits per heavy atom. The van der Waals surface area contributed by atoms with Gasteiger partial charge in [-0.25, -0.2) is 13.1 Å². The van der Waals surface area contributed by atoms with Crippen LogP contribution in [0.25, 0.3) is 0 Å². The first-order valence-electron chi connectivity index (χ1n) is 6.67. The molecule has 2 fully saturated rings. The van der Waals surface area contributed by atoms with Crippen LogP contribution >= 0.6 is 35.6 Å². The molecular weight excluding hydrogens is 355 g/mol. The van der Waals surface area contributed by atoms with Crippen LogP contribution in [0.2, 0.25) is 10.0 Å². The van der Waals surface area contributed by atoms with Gasteiger partial charge in [0.1, 0.15) is 0 Å². The molecule has 2 aliphatic rings. The highest BCUT2D eigenvalue weighted by atomic mass is 35.5. The predicted octanol–water partition coefficient (Wildman–Crippen LogP) is 2.98. The zero-order valence-electron chi connectivity index (χ0n) is 11.2. The van der Waals surface area contributed by atoms with E-state index < -0.39 is 10.0 Å². The second-order valence-corrected chi connectivity index (χ2v) is 8.12. The minimum Gasteiger partial charge on any atom is -0.311 e. The van der Waals surface area contributed by atoms with Crippen molar-refractivity contribution < 1.29 is 8.42 Å². The molecule has 3 rings (SSSR count). The van der Waals surface area contributed by atoms with Crippen LogP contribution in [0.3, 0.4) is 0 Å². The summed E-state index contributed by atoms with van der Waals surface area (Å²) in [5, 5.41) is 4.13. The predicted molar refractivity (Wildman–Crippen MR) is 87.0 cm³/mol. The monoisotopic (exact) mass is 370 g/mol. The van der Waals surface area contributed by atoms with Crippen molar-refractivity contribution in [2.45, 2.75) is 48.7 Å². The van der Waals surface area contributed by atoms with E-state index in [0.29, 0.717) is 22.1 Å². The summed E-state index contributed by atoms with van der Waals surface area (Å²) in [6.45, 7) is 0. The topological polar surface area (TPSA) is 58.2 Å². The lowest BCUT2D eigenvalue weighted by molar-refractivity contribution is 0.345. The fourth-order valence-corrected chi connectivity index (χ4v) is 5.11. The standard InChI is InChI=1S/C13H16Cl2N2O2S.ClH/c14-8-3-9(15)5-13(4-8)20(18,19)17-12-6-10-1-2-11(7-12)16-10;/h3-5,10-12,16-17H,1-2,6-7H2;1H. The normalized spacial score (nSPS) is 28.2. The third-order valence-corrected chi connectivity index (χ3v) is 5.88. The fourth-order valence-electron chi connectivity index (χ4n) is 3.12. The van der Waals surface area contributed by atoms with Crippen molar-refractivity contribution in [3.63, 3.8) is 0 Å². The molecule has 0 amide bonds. The van der Waals surface area contributed by atoms with E-state index in [1.807, 2.05) is 0 Å². The lowest BCUT2D eigenvalue weighted by Gasteiger charge is -2.29. The van der Waals surface area contributed by atoms with Gasteiger partial charge in [0, 0.05) is 28.2 Å². The molecule has 1 aromatic rings. The summed E-state index contributed by atoms with van der Waals surface area (Å²) in [6.07, 6.45) is 3.94. The van der Waals surface area contributed by atoms with Crippen molar-refractivity contribution in [1.82, 2.24) is 10.0 Å². The van der Waals surface area contributed by atoms with E-state index in [4.69, 9.17) is 23.2 Å². The maximum absolute atomic E-state index is 12.4. The van der Waals surface area contributed by atoms with Crippen molar-refractivity contribution in [1.29, 1.82) is 0 Å². The number of benzene rings is 1. The van der Waals surface area contributed by atoms with Gasteiger partial charge in [-0.05, 0) is 43.9 Å². The van der Waals surface area contributed by atoms with Crippen molar-refractivity contribution in [2.75, 3.05) is 0 Å². The zero-order valence-corrected chi connectivity index (χ0v) is 14.3. The quantitative estimate of drug-likeness (QED) is 0.859. The number of hydrogen-bond donors (Lipinski definition) is 2. The SMILES string of the molecule is Cl.O=S(=O)(NC1CC2CCC(C1)N2)c1cc(Cl)cc(Cl)c1. The van der Waals surface area contributed by atoms with Crippen molar-refractivity contribution >= 4 is 45.6 Å². The third kappa shape index (κ3) is 4.03. The summed E-state index contributed by atoms with van der Waals surface area (Å²) in [7, 11) is -3.57. The van der Waals surface area contributed by atoms with Crippen LogP contribution in [0.4, 0.5) is 0 Å². The van der Waals surface area contributed by atoms with Gasteiger partial charge < -0.3 is 5.32 Å². The minimum absolute atomic E-state index is 0. The van der Waals surface area contributed by atoms with E-state index >= 15 is 0 Å². The number of sulfonamides is 1. The number of nitrogens with one attached hydrogen (secondary N) is 2. The lowest BCUT2D eigenvalue weighted by Crippen LogP contribution is -2.47. The summed E-state index contributed by atoms with van der Waals surface area (Å²) in [6, 6.07) is 5.22. The molecule has 2 atom stereocenters. The number of rotatable bonds is 3. The average molecular weight is 372 g/mol. The van der Waals surface area contributed by atoms with Gasteiger partial charge in [-0.3, -0.25) is 0 Å². The molecule has 2 saturated heterocycles. The van der Waals surface area contributed by atoms with E-state index in [1.165, 1.54) is 18.2 Å². The van der Waals surface area contributed by atoms with Crippen molar-refractivity contribution in [3.05, 3.63) is 28.2 Å². The van der Waals surface area contributed by atoms with Gasteiger partial charge in [0.05, 0.1) is 4.90 Å². The minimum atomic E-state index is -3.57.